The molecule has 0 spiro atoms. The van der Waals surface area contributed by atoms with Crippen LogP contribution in [0.25, 0.3) is 0 Å². The lowest BCUT2D eigenvalue weighted by molar-refractivity contribution is 0.262. The summed E-state index contributed by atoms with van der Waals surface area (Å²) in [5.41, 5.74) is 1.000. The molecule has 0 aliphatic carbocycles. The lowest BCUT2D eigenvalue weighted by Gasteiger charge is -2.16. The van der Waals surface area contributed by atoms with Crippen molar-refractivity contribution >= 4 is 0 Å². The first-order valence-corrected chi connectivity index (χ1v) is 5.91. The molecule has 1 rings (SSSR count). The Balaban J connectivity index is 2.54. The standard InChI is InChI=1S/C13H21NO3/c1-3-11(6-7-15)14-9-10-4-5-13(17-2)12(16)8-10/h4-5,8,11,14-16H,3,6-7,9H2,1-2H3. The Kier molecular flexibility index (Phi) is 5.80. The minimum Gasteiger partial charge on any atom is -0.504 e. The number of benzene rings is 1. The molecule has 0 amide bonds. The summed E-state index contributed by atoms with van der Waals surface area (Å²) in [7, 11) is 1.53. The average molecular weight is 239 g/mol. The normalized spacial score (nSPS) is 12.4. The first-order valence-electron chi connectivity index (χ1n) is 5.91. The molecule has 0 bridgehead atoms. The quantitative estimate of drug-likeness (QED) is 0.677. The number of nitrogens with one attached hydrogen (secondary N) is 1. The molecular weight excluding hydrogens is 218 g/mol. The van der Waals surface area contributed by atoms with E-state index in [9.17, 15) is 5.11 Å². The molecule has 1 aromatic carbocycles. The van der Waals surface area contributed by atoms with Crippen LogP contribution < -0.4 is 10.1 Å². The second kappa shape index (κ2) is 7.14. The zero-order valence-corrected chi connectivity index (χ0v) is 10.4. The van der Waals surface area contributed by atoms with Crippen molar-refractivity contribution in [1.29, 1.82) is 0 Å². The van der Waals surface area contributed by atoms with Gasteiger partial charge in [-0.1, -0.05) is 13.0 Å². The van der Waals surface area contributed by atoms with Crippen molar-refractivity contribution in [2.75, 3.05) is 13.7 Å². The summed E-state index contributed by atoms with van der Waals surface area (Å²) in [6.45, 7) is 2.95. The van der Waals surface area contributed by atoms with Gasteiger partial charge in [0, 0.05) is 19.2 Å². The molecule has 0 aliphatic heterocycles. The van der Waals surface area contributed by atoms with Crippen molar-refractivity contribution in [3.63, 3.8) is 0 Å². The van der Waals surface area contributed by atoms with Crippen LogP contribution in [-0.4, -0.2) is 30.0 Å². The minimum absolute atomic E-state index is 0.155. The number of aromatic hydroxyl groups is 1. The SMILES string of the molecule is CCC(CCO)NCc1ccc(OC)c(O)c1. The molecule has 0 heterocycles. The number of aliphatic hydroxyl groups is 1. The predicted molar refractivity (Wildman–Crippen MR) is 67.3 cm³/mol. The van der Waals surface area contributed by atoms with Gasteiger partial charge in [0.15, 0.2) is 11.5 Å². The van der Waals surface area contributed by atoms with E-state index in [-0.39, 0.29) is 12.4 Å². The van der Waals surface area contributed by atoms with Gasteiger partial charge in [0.25, 0.3) is 0 Å². The van der Waals surface area contributed by atoms with Gasteiger partial charge < -0.3 is 20.3 Å². The van der Waals surface area contributed by atoms with Crippen LogP contribution in [0.1, 0.15) is 25.3 Å². The van der Waals surface area contributed by atoms with Gasteiger partial charge in [0.1, 0.15) is 0 Å². The van der Waals surface area contributed by atoms with Crippen LogP contribution >= 0.6 is 0 Å². The van der Waals surface area contributed by atoms with Crippen LogP contribution in [0.15, 0.2) is 18.2 Å². The number of ether oxygens (including phenoxy) is 1. The summed E-state index contributed by atoms with van der Waals surface area (Å²) in [6.07, 6.45) is 1.72. The molecule has 0 saturated carbocycles. The van der Waals surface area contributed by atoms with E-state index < -0.39 is 0 Å². The van der Waals surface area contributed by atoms with E-state index in [1.807, 2.05) is 6.07 Å². The zero-order valence-electron chi connectivity index (χ0n) is 10.4. The third-order valence-corrected chi connectivity index (χ3v) is 2.81. The summed E-state index contributed by atoms with van der Waals surface area (Å²) in [6, 6.07) is 5.66. The fourth-order valence-corrected chi connectivity index (χ4v) is 1.71. The van der Waals surface area contributed by atoms with Crippen LogP contribution in [0.5, 0.6) is 11.5 Å². The van der Waals surface area contributed by atoms with Gasteiger partial charge in [0.2, 0.25) is 0 Å². The van der Waals surface area contributed by atoms with Crippen molar-refractivity contribution in [3.05, 3.63) is 23.8 Å². The topological polar surface area (TPSA) is 61.7 Å². The Hall–Kier alpha value is -1.26. The average Bonchev–Trinajstić information content (AvgIpc) is 2.34. The van der Waals surface area contributed by atoms with E-state index in [1.165, 1.54) is 7.11 Å². The molecule has 4 heteroatoms. The number of hydrogen-bond acceptors (Lipinski definition) is 4. The van der Waals surface area contributed by atoms with Gasteiger partial charge in [-0.3, -0.25) is 0 Å². The molecule has 1 unspecified atom stereocenters. The molecule has 0 aromatic heterocycles. The largest absolute Gasteiger partial charge is 0.504 e. The second-order valence-electron chi connectivity index (χ2n) is 4.00. The molecule has 96 valence electrons. The lowest BCUT2D eigenvalue weighted by atomic mass is 10.1. The van der Waals surface area contributed by atoms with Crippen LogP contribution in [0, 0.1) is 0 Å². The number of methoxy groups -OCH3 is 1. The Bertz CT molecular complexity index is 341. The highest BCUT2D eigenvalue weighted by atomic mass is 16.5. The molecule has 0 radical (unpaired) electrons. The molecule has 0 saturated heterocycles. The molecule has 0 aliphatic rings. The highest BCUT2D eigenvalue weighted by molar-refractivity contribution is 5.41. The molecular formula is C13H21NO3. The van der Waals surface area contributed by atoms with E-state index in [0.29, 0.717) is 18.3 Å². The van der Waals surface area contributed by atoms with E-state index in [1.54, 1.807) is 12.1 Å². The van der Waals surface area contributed by atoms with Crippen molar-refractivity contribution in [2.24, 2.45) is 0 Å². The highest BCUT2D eigenvalue weighted by Gasteiger charge is 2.06. The van der Waals surface area contributed by atoms with E-state index >= 15 is 0 Å². The minimum atomic E-state index is 0.155. The van der Waals surface area contributed by atoms with Crippen LogP contribution in [0.2, 0.25) is 0 Å². The summed E-state index contributed by atoms with van der Waals surface area (Å²) in [5.74, 6) is 0.637. The predicted octanol–water partition coefficient (Wildman–Crippen LogP) is 1.65. The summed E-state index contributed by atoms with van der Waals surface area (Å²) < 4.78 is 4.98. The Morgan fingerprint density at radius 2 is 2.18 bits per heavy atom. The Morgan fingerprint density at radius 1 is 1.41 bits per heavy atom. The molecule has 4 nitrogen and oxygen atoms in total. The summed E-state index contributed by atoms with van der Waals surface area (Å²) >= 11 is 0. The first-order chi connectivity index (χ1) is 8.21. The second-order valence-corrected chi connectivity index (χ2v) is 4.00. The van der Waals surface area contributed by atoms with E-state index in [2.05, 4.69) is 12.2 Å². The maximum Gasteiger partial charge on any atom is 0.160 e. The van der Waals surface area contributed by atoms with E-state index in [0.717, 1.165) is 18.4 Å². The van der Waals surface area contributed by atoms with Crippen LogP contribution in [0.4, 0.5) is 0 Å². The maximum absolute atomic E-state index is 9.62. The van der Waals surface area contributed by atoms with Gasteiger partial charge in [-0.25, -0.2) is 0 Å². The zero-order chi connectivity index (χ0) is 12.7. The van der Waals surface area contributed by atoms with Crippen LogP contribution in [-0.2, 0) is 6.54 Å². The fraction of sp³-hybridized carbons (Fsp3) is 0.538. The number of aliphatic hydroxyl groups excluding tert-OH is 1. The smallest absolute Gasteiger partial charge is 0.160 e. The number of hydrogen-bond donors (Lipinski definition) is 3. The maximum atomic E-state index is 9.62. The summed E-state index contributed by atoms with van der Waals surface area (Å²) in [5, 5.41) is 21.8. The number of phenolic OH excluding ortho intramolecular Hbond substituents is 1. The highest BCUT2D eigenvalue weighted by Crippen LogP contribution is 2.26. The van der Waals surface area contributed by atoms with Gasteiger partial charge in [0.05, 0.1) is 7.11 Å². The fourth-order valence-electron chi connectivity index (χ4n) is 1.71. The van der Waals surface area contributed by atoms with Gasteiger partial charge >= 0.3 is 0 Å². The third kappa shape index (κ3) is 4.24. The van der Waals surface area contributed by atoms with Crippen molar-refractivity contribution < 1.29 is 14.9 Å². The first kappa shape index (κ1) is 13.8. The Morgan fingerprint density at radius 3 is 2.71 bits per heavy atom. The van der Waals surface area contributed by atoms with Crippen molar-refractivity contribution in [2.45, 2.75) is 32.4 Å². The molecule has 17 heavy (non-hydrogen) atoms. The van der Waals surface area contributed by atoms with Gasteiger partial charge in [-0.15, -0.1) is 0 Å². The number of phenols is 1. The molecule has 0 fully saturated rings. The summed E-state index contributed by atoms with van der Waals surface area (Å²) in [4.78, 5) is 0. The van der Waals surface area contributed by atoms with Gasteiger partial charge in [-0.05, 0) is 30.5 Å². The van der Waals surface area contributed by atoms with E-state index in [4.69, 9.17) is 9.84 Å². The van der Waals surface area contributed by atoms with Crippen molar-refractivity contribution in [3.8, 4) is 11.5 Å². The molecule has 1 aromatic rings. The molecule has 3 N–H and O–H groups in total. The Labute approximate surface area is 102 Å². The molecule has 1 atom stereocenters. The third-order valence-electron chi connectivity index (χ3n) is 2.81. The lowest BCUT2D eigenvalue weighted by Crippen LogP contribution is -2.28. The van der Waals surface area contributed by atoms with Gasteiger partial charge in [-0.2, -0.15) is 0 Å². The van der Waals surface area contributed by atoms with Crippen LogP contribution in [0.3, 0.4) is 0 Å². The van der Waals surface area contributed by atoms with Crippen molar-refractivity contribution in [1.82, 2.24) is 5.32 Å². The number of rotatable bonds is 7. The monoisotopic (exact) mass is 239 g/mol.